The lowest BCUT2D eigenvalue weighted by Gasteiger charge is -2.22. The number of H-pyrrole nitrogens is 2. The zero-order chi connectivity index (χ0) is 29.8. The Labute approximate surface area is 250 Å². The first-order valence-corrected chi connectivity index (χ1v) is 15.2. The summed E-state index contributed by atoms with van der Waals surface area (Å²) in [6.07, 6.45) is 4.54. The van der Waals surface area contributed by atoms with Gasteiger partial charge < -0.3 is 25.3 Å². The van der Waals surface area contributed by atoms with E-state index >= 15 is 0 Å². The normalized spacial score (nSPS) is 19.2. The number of likely N-dealkylation sites (N-methyl/N-ethyl adjacent to an activating group) is 2. The molecule has 6 rings (SSSR count). The highest BCUT2D eigenvalue weighted by Gasteiger charge is 2.24. The highest BCUT2D eigenvalue weighted by atomic mass is 16.5. The standard InChI is InChI=1S/C30H40N10O3/c1-3-39-13-5-7-19(39)17-31-29(41)37-27-33-23-11-9-21(15-25(23)35-27)43-22-10-12-24-26(16-22)36-28(34-24)38-30(42)32-18-20-8-6-14-40(20)4-2/h9-12,15-16,19-20H,3-8,13-14,17-18H2,1-2H3,(H3,31,33,35,37,41)(H3,32,34,36,38,42). The van der Waals surface area contributed by atoms with Crippen LogP contribution in [0.3, 0.4) is 0 Å². The third kappa shape index (κ3) is 6.83. The number of imidazole rings is 2. The highest BCUT2D eigenvalue weighted by Crippen LogP contribution is 2.28. The smallest absolute Gasteiger partial charge is 0.321 e. The molecule has 4 aromatic rings. The average molecular weight is 589 g/mol. The van der Waals surface area contributed by atoms with Gasteiger partial charge in [0, 0.05) is 37.3 Å². The fourth-order valence-corrected chi connectivity index (χ4v) is 6.17. The predicted octanol–water partition coefficient (Wildman–Crippen LogP) is 4.44. The molecule has 0 saturated carbocycles. The molecular weight excluding hydrogens is 548 g/mol. The van der Waals surface area contributed by atoms with E-state index in [-0.39, 0.29) is 12.1 Å². The molecule has 4 amide bonds. The van der Waals surface area contributed by atoms with Crippen LogP contribution < -0.4 is 26.0 Å². The largest absolute Gasteiger partial charge is 0.457 e. The van der Waals surface area contributed by atoms with E-state index in [1.165, 1.54) is 12.8 Å². The molecule has 0 aliphatic carbocycles. The molecule has 2 fully saturated rings. The number of amides is 4. The molecule has 2 saturated heterocycles. The summed E-state index contributed by atoms with van der Waals surface area (Å²) in [5, 5.41) is 11.5. The lowest BCUT2D eigenvalue weighted by atomic mass is 10.2. The maximum absolute atomic E-state index is 12.5. The molecule has 2 aromatic heterocycles. The van der Waals surface area contributed by atoms with Gasteiger partial charge in [0.25, 0.3) is 0 Å². The molecular formula is C30H40N10O3. The number of likely N-dealkylation sites (tertiary alicyclic amines) is 2. The number of ether oxygens (including phenoxy) is 1. The van der Waals surface area contributed by atoms with Gasteiger partial charge in [0.05, 0.1) is 22.1 Å². The fraction of sp³-hybridized carbons (Fsp3) is 0.467. The summed E-state index contributed by atoms with van der Waals surface area (Å²) in [4.78, 5) is 44.9. The minimum atomic E-state index is -0.283. The van der Waals surface area contributed by atoms with Gasteiger partial charge in [-0.05, 0) is 76.1 Å². The summed E-state index contributed by atoms with van der Waals surface area (Å²) >= 11 is 0. The number of carbonyl (C=O) groups is 2. The van der Waals surface area contributed by atoms with E-state index in [1.807, 2.05) is 36.4 Å². The zero-order valence-electron chi connectivity index (χ0n) is 24.7. The Kier molecular flexibility index (Phi) is 8.61. The van der Waals surface area contributed by atoms with E-state index in [9.17, 15) is 9.59 Å². The molecule has 13 nitrogen and oxygen atoms in total. The summed E-state index contributed by atoms with van der Waals surface area (Å²) < 4.78 is 6.10. The number of aromatic amines is 2. The molecule has 0 spiro atoms. The molecule has 13 heteroatoms. The van der Waals surface area contributed by atoms with Crippen LogP contribution in [0.15, 0.2) is 36.4 Å². The van der Waals surface area contributed by atoms with Crippen molar-refractivity contribution in [3.63, 3.8) is 0 Å². The number of carbonyl (C=O) groups excluding carboxylic acids is 2. The van der Waals surface area contributed by atoms with Crippen LogP contribution in [-0.4, -0.2) is 93.2 Å². The van der Waals surface area contributed by atoms with Gasteiger partial charge in [-0.25, -0.2) is 19.6 Å². The molecule has 2 atom stereocenters. The summed E-state index contributed by atoms with van der Waals surface area (Å²) in [5.74, 6) is 1.96. The lowest BCUT2D eigenvalue weighted by Crippen LogP contribution is -2.41. The van der Waals surface area contributed by atoms with Gasteiger partial charge >= 0.3 is 12.1 Å². The van der Waals surface area contributed by atoms with Crippen molar-refractivity contribution in [3.8, 4) is 11.5 Å². The SMILES string of the molecule is CCN1CCCC1CNC(=O)Nc1nc2ccc(Oc3ccc4nc(NC(=O)NCC5CCCN5CC)[nH]c4c3)cc2[nH]1. The quantitative estimate of drug-likeness (QED) is 0.160. The fourth-order valence-electron chi connectivity index (χ4n) is 6.17. The van der Waals surface area contributed by atoms with Crippen molar-refractivity contribution in [1.29, 1.82) is 0 Å². The number of nitrogens with zero attached hydrogens (tertiary/aromatic N) is 4. The average Bonchev–Trinajstić information content (AvgIpc) is 3.80. The van der Waals surface area contributed by atoms with Crippen molar-refractivity contribution >= 4 is 46.0 Å². The van der Waals surface area contributed by atoms with Gasteiger partial charge in [-0.1, -0.05) is 13.8 Å². The van der Waals surface area contributed by atoms with E-state index in [0.717, 1.165) is 50.1 Å². The second-order valence-electron chi connectivity index (χ2n) is 11.2. The molecule has 0 radical (unpaired) electrons. The number of anilines is 2. The van der Waals surface area contributed by atoms with E-state index in [2.05, 4.69) is 64.9 Å². The molecule has 43 heavy (non-hydrogen) atoms. The lowest BCUT2D eigenvalue weighted by molar-refractivity contribution is 0.237. The Morgan fingerprint density at radius 2 is 1.26 bits per heavy atom. The van der Waals surface area contributed by atoms with Gasteiger partial charge in [0.15, 0.2) is 0 Å². The minimum absolute atomic E-state index is 0.283. The summed E-state index contributed by atoms with van der Waals surface area (Å²) in [6.45, 7) is 9.68. The van der Waals surface area contributed by atoms with Crippen molar-refractivity contribution in [1.82, 2.24) is 40.4 Å². The number of nitrogens with one attached hydrogen (secondary N) is 6. The van der Waals surface area contributed by atoms with Gasteiger partial charge in [-0.15, -0.1) is 0 Å². The molecule has 2 unspecified atom stereocenters. The molecule has 6 N–H and O–H groups in total. The van der Waals surface area contributed by atoms with Crippen molar-refractivity contribution in [3.05, 3.63) is 36.4 Å². The summed E-state index contributed by atoms with van der Waals surface area (Å²) in [5.41, 5.74) is 2.90. The van der Waals surface area contributed by atoms with E-state index < -0.39 is 0 Å². The van der Waals surface area contributed by atoms with Crippen LogP contribution in [0.4, 0.5) is 21.5 Å². The van der Waals surface area contributed by atoms with Crippen LogP contribution in [0.1, 0.15) is 39.5 Å². The van der Waals surface area contributed by atoms with Crippen LogP contribution in [0, 0.1) is 0 Å². The van der Waals surface area contributed by atoms with Crippen LogP contribution in [-0.2, 0) is 0 Å². The minimum Gasteiger partial charge on any atom is -0.457 e. The molecule has 2 aliphatic heterocycles. The van der Waals surface area contributed by atoms with Crippen LogP contribution in [0.25, 0.3) is 22.1 Å². The Bertz CT molecular complexity index is 1470. The van der Waals surface area contributed by atoms with Gasteiger partial charge in [-0.2, -0.15) is 0 Å². The van der Waals surface area contributed by atoms with Crippen molar-refractivity contribution < 1.29 is 14.3 Å². The van der Waals surface area contributed by atoms with Crippen LogP contribution in [0.5, 0.6) is 11.5 Å². The molecule has 2 aliphatic rings. The number of hydrogen-bond acceptors (Lipinski definition) is 7. The number of hydrogen-bond donors (Lipinski definition) is 6. The Morgan fingerprint density at radius 3 is 1.70 bits per heavy atom. The number of aromatic nitrogens is 4. The van der Waals surface area contributed by atoms with Gasteiger partial charge in [0.2, 0.25) is 11.9 Å². The molecule has 0 bridgehead atoms. The number of urea groups is 2. The van der Waals surface area contributed by atoms with Gasteiger partial charge in [-0.3, -0.25) is 20.4 Å². The van der Waals surface area contributed by atoms with E-state index in [4.69, 9.17) is 4.74 Å². The zero-order valence-corrected chi connectivity index (χ0v) is 24.7. The summed E-state index contributed by atoms with van der Waals surface area (Å²) in [6, 6.07) is 11.2. The number of fused-ring (bicyclic) bond motifs is 2. The maximum Gasteiger partial charge on any atom is 0.321 e. The second kappa shape index (κ2) is 12.9. The van der Waals surface area contributed by atoms with E-state index in [0.29, 0.717) is 59.6 Å². The Balaban J connectivity index is 1.03. The third-order valence-electron chi connectivity index (χ3n) is 8.41. The Morgan fingerprint density at radius 1 is 0.791 bits per heavy atom. The Hall–Kier alpha value is -4.36. The number of benzene rings is 2. The summed E-state index contributed by atoms with van der Waals surface area (Å²) in [7, 11) is 0. The second-order valence-corrected chi connectivity index (χ2v) is 11.2. The van der Waals surface area contributed by atoms with Crippen molar-refractivity contribution in [2.75, 3.05) is 49.9 Å². The molecule has 228 valence electrons. The third-order valence-corrected chi connectivity index (χ3v) is 8.41. The monoisotopic (exact) mass is 588 g/mol. The van der Waals surface area contributed by atoms with Crippen molar-refractivity contribution in [2.24, 2.45) is 0 Å². The molecule has 2 aromatic carbocycles. The predicted molar refractivity (Wildman–Crippen MR) is 167 cm³/mol. The first kappa shape index (κ1) is 28.7. The van der Waals surface area contributed by atoms with E-state index in [1.54, 1.807) is 0 Å². The first-order chi connectivity index (χ1) is 21.0. The van der Waals surface area contributed by atoms with Crippen molar-refractivity contribution in [2.45, 2.75) is 51.6 Å². The maximum atomic E-state index is 12.5. The molecule has 4 heterocycles. The van der Waals surface area contributed by atoms with Crippen LogP contribution in [0.2, 0.25) is 0 Å². The topological polar surface area (TPSA) is 155 Å². The van der Waals surface area contributed by atoms with Crippen LogP contribution >= 0.6 is 0 Å². The van der Waals surface area contributed by atoms with Gasteiger partial charge in [0.1, 0.15) is 11.5 Å². The number of rotatable bonds is 10. The highest BCUT2D eigenvalue weighted by molar-refractivity contribution is 5.91. The first-order valence-electron chi connectivity index (χ1n) is 15.2.